The number of methoxy groups -OCH3 is 1. The number of fused-ring (bicyclic) bond motifs is 1. The molecule has 0 amide bonds. The van der Waals surface area contributed by atoms with Crippen LogP contribution in [0.3, 0.4) is 0 Å². The van der Waals surface area contributed by atoms with Gasteiger partial charge in [0, 0.05) is 34.8 Å². The molecule has 2 aromatic heterocycles. The van der Waals surface area contributed by atoms with Crippen molar-refractivity contribution in [2.24, 2.45) is 7.05 Å². The molecule has 3 rings (SSSR count). The summed E-state index contributed by atoms with van der Waals surface area (Å²) in [4.78, 5) is 30.1. The fourth-order valence-electron chi connectivity index (χ4n) is 2.37. The molecular formula is C20H24ClN3O3. The number of hydrogen-bond donors (Lipinski definition) is 0. The van der Waals surface area contributed by atoms with Crippen LogP contribution < -0.4 is 5.56 Å². The first-order valence-electron chi connectivity index (χ1n) is 8.45. The first kappa shape index (κ1) is 22.3. The third kappa shape index (κ3) is 5.37. The molecule has 0 N–H and O–H groups in total. The maximum Gasteiger partial charge on any atom is 0.292 e. The number of pyridine rings is 1. The van der Waals surface area contributed by atoms with E-state index in [1.54, 1.807) is 26.2 Å². The molecule has 0 saturated heterocycles. The molecule has 0 aliphatic heterocycles. The molecule has 6 nitrogen and oxygen atoms in total. The molecule has 0 radical (unpaired) electrons. The Morgan fingerprint density at radius 1 is 1.15 bits per heavy atom. The number of rotatable bonds is 2. The van der Waals surface area contributed by atoms with Crippen molar-refractivity contribution in [1.29, 1.82) is 0 Å². The highest BCUT2D eigenvalue weighted by Crippen LogP contribution is 2.28. The normalized spacial score (nSPS) is 9.59. The number of benzene rings is 1. The van der Waals surface area contributed by atoms with Crippen molar-refractivity contribution in [3.63, 3.8) is 0 Å². The van der Waals surface area contributed by atoms with Crippen LogP contribution in [0.5, 0.6) is 0 Å². The summed E-state index contributed by atoms with van der Waals surface area (Å²) >= 11 is 6.25. The highest BCUT2D eigenvalue weighted by molar-refractivity contribution is 6.33. The number of aryl methyl sites for hydroxylation is 3. The van der Waals surface area contributed by atoms with Gasteiger partial charge in [0.2, 0.25) is 0 Å². The Bertz CT molecular complexity index is 984. The summed E-state index contributed by atoms with van der Waals surface area (Å²) in [6.07, 6.45) is 1.73. The van der Waals surface area contributed by atoms with E-state index < -0.39 is 0 Å². The molecule has 3 aromatic rings. The lowest BCUT2D eigenvalue weighted by Crippen LogP contribution is -2.20. The Morgan fingerprint density at radius 3 is 2.37 bits per heavy atom. The number of hydrogen-bond acceptors (Lipinski definition) is 5. The molecule has 0 fully saturated rings. The van der Waals surface area contributed by atoms with Crippen LogP contribution in [0.2, 0.25) is 5.02 Å². The monoisotopic (exact) mass is 389 g/mol. The summed E-state index contributed by atoms with van der Waals surface area (Å²) in [5.41, 5.74) is 2.86. The molecule has 0 bridgehead atoms. The number of carbonyl (C=O) groups excluding carboxylic acids is 1. The minimum absolute atomic E-state index is 0.117. The van der Waals surface area contributed by atoms with Crippen LogP contribution in [0.25, 0.3) is 22.2 Å². The van der Waals surface area contributed by atoms with Gasteiger partial charge in [0.15, 0.2) is 0 Å². The van der Waals surface area contributed by atoms with Gasteiger partial charge in [0.1, 0.15) is 11.5 Å². The zero-order chi connectivity index (χ0) is 20.6. The average Bonchev–Trinajstić information content (AvgIpc) is 2.69. The highest BCUT2D eigenvalue weighted by Gasteiger charge is 2.13. The minimum atomic E-state index is -0.117. The fraction of sp³-hybridized carbons (Fsp3) is 0.300. The summed E-state index contributed by atoms with van der Waals surface area (Å²) < 4.78 is 5.40. The van der Waals surface area contributed by atoms with Crippen molar-refractivity contribution in [3.05, 3.63) is 57.2 Å². The quantitative estimate of drug-likeness (QED) is 0.617. The van der Waals surface area contributed by atoms with E-state index in [0.29, 0.717) is 28.5 Å². The molecule has 7 heteroatoms. The third-order valence-electron chi connectivity index (χ3n) is 3.58. The van der Waals surface area contributed by atoms with Gasteiger partial charge < -0.3 is 4.74 Å². The predicted molar refractivity (Wildman–Crippen MR) is 109 cm³/mol. The first-order valence-corrected chi connectivity index (χ1v) is 8.83. The largest absolute Gasteiger partial charge is 0.471 e. The van der Waals surface area contributed by atoms with Gasteiger partial charge in [-0.05, 0) is 32.0 Å². The Kier molecular flexibility index (Phi) is 8.62. The number of halogens is 1. The SMILES string of the molecule is CC.COC=O.Cc1ccc(Cl)c(-c2cc3cnc(C)nc3n(C)c2=O)c1. The van der Waals surface area contributed by atoms with Crippen molar-refractivity contribution in [3.8, 4) is 11.1 Å². The summed E-state index contributed by atoms with van der Waals surface area (Å²) in [5, 5.41) is 1.38. The van der Waals surface area contributed by atoms with Crippen molar-refractivity contribution in [2.45, 2.75) is 27.7 Å². The summed E-state index contributed by atoms with van der Waals surface area (Å²) in [6.45, 7) is 8.15. The van der Waals surface area contributed by atoms with Crippen LogP contribution >= 0.6 is 11.6 Å². The lowest BCUT2D eigenvalue weighted by Gasteiger charge is -2.10. The lowest BCUT2D eigenvalue weighted by atomic mass is 10.0. The van der Waals surface area contributed by atoms with E-state index in [1.807, 2.05) is 39.0 Å². The van der Waals surface area contributed by atoms with Gasteiger partial charge in [-0.25, -0.2) is 9.97 Å². The predicted octanol–water partition coefficient (Wildman–Crippen LogP) is 4.08. The molecule has 0 spiro atoms. The van der Waals surface area contributed by atoms with Gasteiger partial charge in [0.05, 0.1) is 7.11 Å². The van der Waals surface area contributed by atoms with E-state index in [1.165, 1.54) is 11.7 Å². The third-order valence-corrected chi connectivity index (χ3v) is 3.91. The molecule has 0 aliphatic rings. The maximum atomic E-state index is 12.6. The first-order chi connectivity index (χ1) is 12.9. The van der Waals surface area contributed by atoms with Gasteiger partial charge in [-0.3, -0.25) is 14.2 Å². The molecular weight excluding hydrogens is 366 g/mol. The Hall–Kier alpha value is -2.73. The van der Waals surface area contributed by atoms with E-state index in [2.05, 4.69) is 14.7 Å². The zero-order valence-electron chi connectivity index (χ0n) is 16.4. The zero-order valence-corrected chi connectivity index (χ0v) is 17.2. The van der Waals surface area contributed by atoms with Gasteiger partial charge in [0.25, 0.3) is 12.0 Å². The van der Waals surface area contributed by atoms with Crippen LogP contribution in [-0.4, -0.2) is 28.1 Å². The molecule has 144 valence electrons. The minimum Gasteiger partial charge on any atom is -0.471 e. The molecule has 0 atom stereocenters. The second-order valence-electron chi connectivity index (χ2n) is 5.43. The number of carbonyl (C=O) groups is 1. The van der Waals surface area contributed by atoms with Crippen LogP contribution in [0.15, 0.2) is 35.3 Å². The average molecular weight is 390 g/mol. The number of nitrogens with zero attached hydrogens (tertiary/aromatic N) is 3. The van der Waals surface area contributed by atoms with Crippen molar-refractivity contribution >= 4 is 29.1 Å². The van der Waals surface area contributed by atoms with Crippen LogP contribution in [0.4, 0.5) is 0 Å². The van der Waals surface area contributed by atoms with Crippen LogP contribution in [0.1, 0.15) is 25.2 Å². The Morgan fingerprint density at radius 2 is 1.78 bits per heavy atom. The van der Waals surface area contributed by atoms with Crippen LogP contribution in [0, 0.1) is 13.8 Å². The molecule has 1 aromatic carbocycles. The Labute approximate surface area is 163 Å². The second kappa shape index (κ2) is 10.4. The van der Waals surface area contributed by atoms with E-state index in [4.69, 9.17) is 16.4 Å². The summed E-state index contributed by atoms with van der Waals surface area (Å²) in [5.74, 6) is 0.638. The molecule has 0 saturated carbocycles. The standard InChI is InChI=1S/C16H14ClN3O.C2H4O2.C2H6/c1-9-4-5-14(17)12(6-9)13-7-11-8-18-10(2)19-15(11)20(3)16(13)21;1-4-2-3;1-2/h4-8H,1-3H3;2H,1H3;1-2H3. The van der Waals surface area contributed by atoms with E-state index in [9.17, 15) is 4.79 Å². The van der Waals surface area contributed by atoms with Crippen molar-refractivity contribution < 1.29 is 9.53 Å². The fourth-order valence-corrected chi connectivity index (χ4v) is 2.59. The smallest absolute Gasteiger partial charge is 0.292 e. The summed E-state index contributed by atoms with van der Waals surface area (Å²) in [7, 11) is 3.03. The van der Waals surface area contributed by atoms with Gasteiger partial charge in [-0.2, -0.15) is 0 Å². The molecule has 27 heavy (non-hydrogen) atoms. The van der Waals surface area contributed by atoms with E-state index in [0.717, 1.165) is 16.5 Å². The molecule has 2 heterocycles. The van der Waals surface area contributed by atoms with Gasteiger partial charge >= 0.3 is 0 Å². The number of aromatic nitrogens is 3. The van der Waals surface area contributed by atoms with Crippen molar-refractivity contribution in [2.75, 3.05) is 7.11 Å². The van der Waals surface area contributed by atoms with E-state index >= 15 is 0 Å². The van der Waals surface area contributed by atoms with Crippen LogP contribution in [-0.2, 0) is 16.6 Å². The summed E-state index contributed by atoms with van der Waals surface area (Å²) in [6, 6.07) is 7.45. The Balaban J connectivity index is 0.000000541. The van der Waals surface area contributed by atoms with Crippen molar-refractivity contribution in [1.82, 2.24) is 14.5 Å². The van der Waals surface area contributed by atoms with E-state index in [-0.39, 0.29) is 5.56 Å². The maximum absolute atomic E-state index is 12.6. The lowest BCUT2D eigenvalue weighted by molar-refractivity contribution is -0.126. The number of ether oxygens (including phenoxy) is 1. The topological polar surface area (TPSA) is 74.1 Å². The van der Waals surface area contributed by atoms with Gasteiger partial charge in [-0.15, -0.1) is 0 Å². The molecule has 0 unspecified atom stereocenters. The molecule has 0 aliphatic carbocycles. The van der Waals surface area contributed by atoms with Gasteiger partial charge in [-0.1, -0.05) is 37.1 Å². The second-order valence-corrected chi connectivity index (χ2v) is 5.84. The highest BCUT2D eigenvalue weighted by atomic mass is 35.5.